The standard InChI is InChI=1S/C12H12BrF3N2O3/c13-7-4-9-8(17-11(20)18-9)3-6(7)10(19)1-2-21-5-12(14,15)16/h3-4,10,19H,1-2,5H2,(H2,17,18,20). The second kappa shape index (κ2) is 6.20. The van der Waals surface area contributed by atoms with E-state index in [0.29, 0.717) is 21.1 Å². The first-order valence-electron chi connectivity index (χ1n) is 6.00. The zero-order valence-electron chi connectivity index (χ0n) is 10.6. The summed E-state index contributed by atoms with van der Waals surface area (Å²) in [6, 6.07) is 3.17. The molecule has 1 unspecified atom stereocenters. The van der Waals surface area contributed by atoms with Crippen LogP contribution in [0.25, 0.3) is 11.0 Å². The van der Waals surface area contributed by atoms with Crippen LogP contribution in [0.2, 0.25) is 0 Å². The third kappa shape index (κ3) is 4.32. The molecule has 21 heavy (non-hydrogen) atoms. The van der Waals surface area contributed by atoms with E-state index in [2.05, 4.69) is 30.6 Å². The van der Waals surface area contributed by atoms with Crippen LogP contribution in [0.1, 0.15) is 18.1 Å². The van der Waals surface area contributed by atoms with Crippen LogP contribution < -0.4 is 5.69 Å². The Kier molecular flexibility index (Phi) is 4.74. The van der Waals surface area contributed by atoms with Gasteiger partial charge in [-0.05, 0) is 17.7 Å². The Labute approximate surface area is 125 Å². The number of benzene rings is 1. The first-order valence-corrected chi connectivity index (χ1v) is 6.79. The molecule has 0 saturated carbocycles. The summed E-state index contributed by atoms with van der Waals surface area (Å²) in [4.78, 5) is 16.3. The maximum Gasteiger partial charge on any atom is 0.411 e. The van der Waals surface area contributed by atoms with Crippen molar-refractivity contribution in [3.05, 3.63) is 32.7 Å². The maximum atomic E-state index is 11.9. The molecule has 2 rings (SSSR count). The van der Waals surface area contributed by atoms with Crippen molar-refractivity contribution in [2.45, 2.75) is 18.7 Å². The number of aromatic amines is 2. The summed E-state index contributed by atoms with van der Waals surface area (Å²) in [5, 5.41) is 10.0. The van der Waals surface area contributed by atoms with Crippen molar-refractivity contribution in [3.63, 3.8) is 0 Å². The van der Waals surface area contributed by atoms with Crippen molar-refractivity contribution in [1.82, 2.24) is 9.97 Å². The molecule has 0 saturated heterocycles. The van der Waals surface area contributed by atoms with Crippen LogP contribution in [-0.4, -0.2) is 34.5 Å². The Morgan fingerprint density at radius 1 is 1.29 bits per heavy atom. The van der Waals surface area contributed by atoms with Crippen LogP contribution in [-0.2, 0) is 4.74 Å². The van der Waals surface area contributed by atoms with Gasteiger partial charge in [0.2, 0.25) is 0 Å². The first kappa shape index (κ1) is 16.1. The fraction of sp³-hybridized carbons (Fsp3) is 0.417. The number of aromatic nitrogens is 2. The number of aliphatic hydroxyl groups is 1. The van der Waals surface area contributed by atoms with E-state index >= 15 is 0 Å². The fourth-order valence-corrected chi connectivity index (χ4v) is 2.47. The molecule has 2 aromatic rings. The van der Waals surface area contributed by atoms with E-state index in [0.717, 1.165) is 0 Å². The highest BCUT2D eigenvalue weighted by atomic mass is 79.9. The predicted octanol–water partition coefficient (Wildman–Crippen LogP) is 2.62. The molecule has 0 aliphatic heterocycles. The molecule has 0 amide bonds. The first-order chi connectivity index (χ1) is 9.76. The van der Waals surface area contributed by atoms with Crippen molar-refractivity contribution >= 4 is 27.0 Å². The van der Waals surface area contributed by atoms with Gasteiger partial charge in [-0.25, -0.2) is 4.79 Å². The molecule has 0 aliphatic rings. The number of halogens is 4. The van der Waals surface area contributed by atoms with Gasteiger partial charge < -0.3 is 19.8 Å². The summed E-state index contributed by atoms with van der Waals surface area (Å²) in [6.07, 6.45) is -5.38. The van der Waals surface area contributed by atoms with E-state index in [1.807, 2.05) is 0 Å². The Morgan fingerprint density at radius 3 is 2.52 bits per heavy atom. The molecule has 1 aromatic heterocycles. The lowest BCUT2D eigenvalue weighted by Crippen LogP contribution is -2.18. The molecule has 3 N–H and O–H groups in total. The van der Waals surface area contributed by atoms with Gasteiger partial charge in [0.05, 0.1) is 17.1 Å². The molecule has 0 fully saturated rings. The van der Waals surface area contributed by atoms with Crippen LogP contribution in [0.4, 0.5) is 13.2 Å². The third-order valence-electron chi connectivity index (χ3n) is 2.79. The average molecular weight is 369 g/mol. The molecule has 0 spiro atoms. The molecular weight excluding hydrogens is 357 g/mol. The SMILES string of the molecule is O=c1[nH]c2cc(Br)c(C(O)CCOCC(F)(F)F)cc2[nH]1. The maximum absolute atomic E-state index is 11.9. The predicted molar refractivity (Wildman–Crippen MR) is 73.1 cm³/mol. The Morgan fingerprint density at radius 2 is 1.90 bits per heavy atom. The molecule has 0 aliphatic carbocycles. The summed E-state index contributed by atoms with van der Waals surface area (Å²) >= 11 is 3.25. The van der Waals surface area contributed by atoms with Gasteiger partial charge in [-0.1, -0.05) is 15.9 Å². The molecule has 1 aromatic carbocycles. The molecule has 5 nitrogen and oxygen atoms in total. The average Bonchev–Trinajstić information content (AvgIpc) is 2.71. The van der Waals surface area contributed by atoms with Crippen molar-refractivity contribution in [2.75, 3.05) is 13.2 Å². The Hall–Kier alpha value is -1.32. The van der Waals surface area contributed by atoms with Crippen molar-refractivity contribution < 1.29 is 23.0 Å². The quantitative estimate of drug-likeness (QED) is 0.709. The normalized spacial score (nSPS) is 13.8. The van der Waals surface area contributed by atoms with Crippen LogP contribution >= 0.6 is 15.9 Å². The lowest BCUT2D eigenvalue weighted by atomic mass is 10.1. The number of H-pyrrole nitrogens is 2. The topological polar surface area (TPSA) is 78.1 Å². The van der Waals surface area contributed by atoms with Crippen LogP contribution in [0, 0.1) is 0 Å². The van der Waals surface area contributed by atoms with E-state index < -0.39 is 18.9 Å². The van der Waals surface area contributed by atoms with Gasteiger partial charge in [-0.2, -0.15) is 13.2 Å². The number of ether oxygens (including phenoxy) is 1. The summed E-state index contributed by atoms with van der Waals surface area (Å²) in [6.45, 7) is -1.57. The second-order valence-electron chi connectivity index (χ2n) is 4.47. The number of hydrogen-bond acceptors (Lipinski definition) is 3. The molecule has 0 bridgehead atoms. The summed E-state index contributed by atoms with van der Waals surface area (Å²) in [5.74, 6) is 0. The van der Waals surface area contributed by atoms with Gasteiger partial charge in [0.25, 0.3) is 0 Å². The smallest absolute Gasteiger partial charge is 0.388 e. The number of fused-ring (bicyclic) bond motifs is 1. The van der Waals surface area contributed by atoms with Crippen LogP contribution in [0.3, 0.4) is 0 Å². The van der Waals surface area contributed by atoms with E-state index in [-0.39, 0.29) is 18.7 Å². The molecule has 0 radical (unpaired) electrons. The number of rotatable bonds is 5. The van der Waals surface area contributed by atoms with Crippen molar-refractivity contribution in [3.8, 4) is 0 Å². The fourth-order valence-electron chi connectivity index (χ4n) is 1.87. The van der Waals surface area contributed by atoms with E-state index in [1.165, 1.54) is 0 Å². The van der Waals surface area contributed by atoms with E-state index in [9.17, 15) is 23.1 Å². The number of aliphatic hydroxyl groups excluding tert-OH is 1. The molecule has 9 heteroatoms. The summed E-state index contributed by atoms with van der Waals surface area (Å²) in [7, 11) is 0. The van der Waals surface area contributed by atoms with E-state index in [4.69, 9.17) is 0 Å². The van der Waals surface area contributed by atoms with Crippen molar-refractivity contribution in [1.29, 1.82) is 0 Å². The lowest BCUT2D eigenvalue weighted by Gasteiger charge is -2.14. The minimum atomic E-state index is -4.38. The number of alkyl halides is 3. The number of nitrogens with one attached hydrogen (secondary N) is 2. The highest BCUT2D eigenvalue weighted by molar-refractivity contribution is 9.10. The summed E-state index contributed by atoms with van der Waals surface area (Å²) in [5.41, 5.74) is 1.16. The van der Waals surface area contributed by atoms with Gasteiger partial charge in [0, 0.05) is 17.5 Å². The van der Waals surface area contributed by atoms with Gasteiger partial charge in [-0.3, -0.25) is 0 Å². The van der Waals surface area contributed by atoms with Crippen LogP contribution in [0.5, 0.6) is 0 Å². The second-order valence-corrected chi connectivity index (χ2v) is 5.33. The zero-order chi connectivity index (χ0) is 15.6. The zero-order valence-corrected chi connectivity index (χ0v) is 12.2. The number of hydrogen-bond donors (Lipinski definition) is 3. The molecular formula is C12H12BrF3N2O3. The Bertz CT molecular complexity index is 680. The third-order valence-corrected chi connectivity index (χ3v) is 3.48. The van der Waals surface area contributed by atoms with Crippen LogP contribution in [0.15, 0.2) is 21.4 Å². The molecule has 1 atom stereocenters. The highest BCUT2D eigenvalue weighted by Gasteiger charge is 2.27. The van der Waals surface area contributed by atoms with Gasteiger partial charge in [0.1, 0.15) is 6.61 Å². The minimum absolute atomic E-state index is 0.00877. The highest BCUT2D eigenvalue weighted by Crippen LogP contribution is 2.29. The molecule has 1 heterocycles. The van der Waals surface area contributed by atoms with Gasteiger partial charge in [-0.15, -0.1) is 0 Å². The minimum Gasteiger partial charge on any atom is -0.388 e. The lowest BCUT2D eigenvalue weighted by molar-refractivity contribution is -0.175. The molecule has 116 valence electrons. The largest absolute Gasteiger partial charge is 0.411 e. The van der Waals surface area contributed by atoms with E-state index in [1.54, 1.807) is 12.1 Å². The summed E-state index contributed by atoms with van der Waals surface area (Å²) < 4.78 is 40.7. The van der Waals surface area contributed by atoms with Gasteiger partial charge >= 0.3 is 11.9 Å². The Balaban J connectivity index is 2.03. The van der Waals surface area contributed by atoms with Gasteiger partial charge in [0.15, 0.2) is 0 Å². The van der Waals surface area contributed by atoms with Crippen molar-refractivity contribution in [2.24, 2.45) is 0 Å². The number of imidazole rings is 1. The monoisotopic (exact) mass is 368 g/mol.